The third kappa shape index (κ3) is 5.73. The molecule has 0 saturated carbocycles. The Balaban J connectivity index is 1.37. The van der Waals surface area contributed by atoms with Crippen molar-refractivity contribution in [3.8, 4) is 0 Å². The van der Waals surface area contributed by atoms with Crippen LogP contribution >= 0.6 is 11.3 Å². The van der Waals surface area contributed by atoms with E-state index in [4.69, 9.17) is 0 Å². The molecule has 0 bridgehead atoms. The third-order valence-corrected chi connectivity index (χ3v) is 6.68. The number of carbonyl (C=O) groups excluding carboxylic acids is 1. The maximum atomic E-state index is 12.8. The number of benzene rings is 2. The number of hydrogen-bond acceptors (Lipinski definition) is 6. The first-order valence-corrected chi connectivity index (χ1v) is 12.0. The summed E-state index contributed by atoms with van der Waals surface area (Å²) in [5.41, 5.74) is 5.79. The molecule has 0 radical (unpaired) electrons. The molecule has 1 saturated heterocycles. The highest BCUT2D eigenvalue weighted by molar-refractivity contribution is 7.13. The molecule has 0 aliphatic carbocycles. The van der Waals surface area contributed by atoms with Crippen LogP contribution < -0.4 is 10.6 Å². The van der Waals surface area contributed by atoms with E-state index < -0.39 is 0 Å². The average Bonchev–Trinajstić information content (AvgIpc) is 3.26. The molecule has 168 valence electrons. The van der Waals surface area contributed by atoms with Gasteiger partial charge in [-0.05, 0) is 55.8 Å². The Morgan fingerprint density at radius 2 is 1.84 bits per heavy atom. The van der Waals surface area contributed by atoms with E-state index in [2.05, 4.69) is 56.9 Å². The summed E-state index contributed by atoms with van der Waals surface area (Å²) in [5, 5.41) is 9.33. The average molecular weight is 450 g/mol. The fourth-order valence-electron chi connectivity index (χ4n) is 3.71. The SMILES string of the molecule is CCc1csc(Nc2cc(NC(=O)c3ccc(CN4CCN(C)CC4)cc3)ccc2C)n1. The number of carbonyl (C=O) groups is 1. The molecule has 1 fully saturated rings. The zero-order valence-electron chi connectivity index (χ0n) is 19.0. The van der Waals surface area contributed by atoms with E-state index in [1.807, 2.05) is 37.3 Å². The van der Waals surface area contributed by atoms with E-state index >= 15 is 0 Å². The second-order valence-electron chi connectivity index (χ2n) is 8.38. The van der Waals surface area contributed by atoms with E-state index in [0.29, 0.717) is 5.56 Å². The third-order valence-electron chi connectivity index (χ3n) is 5.87. The first-order valence-electron chi connectivity index (χ1n) is 11.1. The normalized spacial score (nSPS) is 15.0. The maximum Gasteiger partial charge on any atom is 0.255 e. The molecule has 6 nitrogen and oxygen atoms in total. The second kappa shape index (κ2) is 10.3. The molecule has 1 amide bonds. The molecule has 2 heterocycles. The first kappa shape index (κ1) is 22.5. The van der Waals surface area contributed by atoms with Gasteiger partial charge in [0.2, 0.25) is 0 Å². The van der Waals surface area contributed by atoms with Gasteiger partial charge in [-0.25, -0.2) is 4.98 Å². The first-order chi connectivity index (χ1) is 15.5. The van der Waals surface area contributed by atoms with Gasteiger partial charge in [-0.15, -0.1) is 11.3 Å². The lowest BCUT2D eigenvalue weighted by molar-refractivity contribution is 0.102. The summed E-state index contributed by atoms with van der Waals surface area (Å²) in [7, 11) is 2.17. The summed E-state index contributed by atoms with van der Waals surface area (Å²) in [6.07, 6.45) is 0.918. The van der Waals surface area contributed by atoms with Gasteiger partial charge in [0.1, 0.15) is 0 Å². The van der Waals surface area contributed by atoms with Gasteiger partial charge in [-0.3, -0.25) is 9.69 Å². The Kier molecular flexibility index (Phi) is 7.19. The van der Waals surface area contributed by atoms with Crippen molar-refractivity contribution in [3.05, 3.63) is 70.2 Å². The number of nitrogens with zero attached hydrogens (tertiary/aromatic N) is 3. The van der Waals surface area contributed by atoms with E-state index in [1.54, 1.807) is 11.3 Å². The fourth-order valence-corrected chi connectivity index (χ4v) is 4.51. The maximum absolute atomic E-state index is 12.8. The Morgan fingerprint density at radius 1 is 1.09 bits per heavy atom. The van der Waals surface area contributed by atoms with Gasteiger partial charge in [-0.2, -0.15) is 0 Å². The second-order valence-corrected chi connectivity index (χ2v) is 9.24. The predicted octanol–water partition coefficient (Wildman–Crippen LogP) is 4.76. The molecule has 0 atom stereocenters. The van der Waals surface area contributed by atoms with Gasteiger partial charge in [0.15, 0.2) is 5.13 Å². The number of aryl methyl sites for hydroxylation is 2. The smallest absolute Gasteiger partial charge is 0.255 e. The molecule has 7 heteroatoms. The molecule has 4 rings (SSSR count). The van der Waals surface area contributed by atoms with E-state index in [9.17, 15) is 4.79 Å². The monoisotopic (exact) mass is 449 g/mol. The van der Waals surface area contributed by atoms with E-state index in [0.717, 1.165) is 66.9 Å². The van der Waals surface area contributed by atoms with Gasteiger partial charge in [0.05, 0.1) is 5.69 Å². The van der Waals surface area contributed by atoms with Crippen LogP contribution in [0.3, 0.4) is 0 Å². The molecule has 1 aromatic heterocycles. The predicted molar refractivity (Wildman–Crippen MR) is 133 cm³/mol. The Hall–Kier alpha value is -2.74. The van der Waals surface area contributed by atoms with E-state index in [1.165, 1.54) is 5.56 Å². The molecule has 1 aliphatic rings. The lowest BCUT2D eigenvalue weighted by Crippen LogP contribution is -2.43. The number of rotatable bonds is 7. The number of nitrogens with one attached hydrogen (secondary N) is 2. The minimum absolute atomic E-state index is 0.103. The van der Waals surface area contributed by atoms with Crippen molar-refractivity contribution in [2.24, 2.45) is 0 Å². The fraction of sp³-hybridized carbons (Fsp3) is 0.360. The number of piperazine rings is 1. The summed E-state index contributed by atoms with van der Waals surface area (Å²) >= 11 is 1.59. The van der Waals surface area contributed by atoms with Crippen LogP contribution in [0.2, 0.25) is 0 Å². The lowest BCUT2D eigenvalue weighted by atomic mass is 10.1. The highest BCUT2D eigenvalue weighted by Crippen LogP contribution is 2.26. The minimum Gasteiger partial charge on any atom is -0.331 e. The lowest BCUT2D eigenvalue weighted by Gasteiger charge is -2.32. The number of likely N-dealkylation sites (N-methyl/N-ethyl adjacent to an activating group) is 1. The summed E-state index contributed by atoms with van der Waals surface area (Å²) in [6, 6.07) is 13.8. The molecular weight excluding hydrogens is 418 g/mol. The molecule has 2 N–H and O–H groups in total. The van der Waals surface area contributed by atoms with Crippen LogP contribution in [0.4, 0.5) is 16.5 Å². The zero-order chi connectivity index (χ0) is 22.5. The largest absolute Gasteiger partial charge is 0.331 e. The molecule has 1 aliphatic heterocycles. The number of aromatic nitrogens is 1. The summed E-state index contributed by atoms with van der Waals surface area (Å²) in [5.74, 6) is -0.103. The van der Waals surface area contributed by atoms with Gasteiger partial charge >= 0.3 is 0 Å². The van der Waals surface area contributed by atoms with Crippen LogP contribution in [0.5, 0.6) is 0 Å². The van der Waals surface area contributed by atoms with Gasteiger partial charge < -0.3 is 15.5 Å². The highest BCUT2D eigenvalue weighted by atomic mass is 32.1. The summed E-state index contributed by atoms with van der Waals surface area (Å²) < 4.78 is 0. The molecule has 0 spiro atoms. The van der Waals surface area contributed by atoms with Crippen molar-refractivity contribution in [2.45, 2.75) is 26.8 Å². The van der Waals surface area contributed by atoms with Crippen molar-refractivity contribution in [1.82, 2.24) is 14.8 Å². The molecular formula is C25H31N5OS. The number of amides is 1. The van der Waals surface area contributed by atoms with E-state index in [-0.39, 0.29) is 5.91 Å². The Bertz CT molecular complexity index is 1050. The van der Waals surface area contributed by atoms with Crippen molar-refractivity contribution in [2.75, 3.05) is 43.9 Å². The Labute approximate surface area is 194 Å². The van der Waals surface area contributed by atoms with Crippen LogP contribution in [0.15, 0.2) is 47.8 Å². The van der Waals surface area contributed by atoms with Crippen LogP contribution in [-0.2, 0) is 13.0 Å². The van der Waals surface area contributed by atoms with Crippen molar-refractivity contribution in [1.29, 1.82) is 0 Å². The summed E-state index contributed by atoms with van der Waals surface area (Å²) in [6.45, 7) is 9.46. The van der Waals surface area contributed by atoms with Crippen molar-refractivity contribution in [3.63, 3.8) is 0 Å². The number of thiazole rings is 1. The molecule has 32 heavy (non-hydrogen) atoms. The summed E-state index contributed by atoms with van der Waals surface area (Å²) in [4.78, 5) is 22.2. The molecule has 2 aromatic carbocycles. The van der Waals surface area contributed by atoms with Crippen molar-refractivity contribution >= 4 is 33.8 Å². The highest BCUT2D eigenvalue weighted by Gasteiger charge is 2.14. The van der Waals surface area contributed by atoms with Crippen LogP contribution in [0.1, 0.15) is 34.1 Å². The van der Waals surface area contributed by atoms with Crippen LogP contribution in [-0.4, -0.2) is 53.9 Å². The van der Waals surface area contributed by atoms with Crippen molar-refractivity contribution < 1.29 is 4.79 Å². The number of anilines is 3. The standard InChI is InChI=1S/C25H31N5OS/c1-4-21-17-32-25(27-21)28-23-15-22(10-5-18(23)2)26-24(31)20-8-6-19(7-9-20)16-30-13-11-29(3)12-14-30/h5-10,15,17H,4,11-14,16H2,1-3H3,(H,26,31)(H,27,28). The zero-order valence-corrected chi connectivity index (χ0v) is 19.8. The number of hydrogen-bond donors (Lipinski definition) is 2. The topological polar surface area (TPSA) is 60.5 Å². The minimum atomic E-state index is -0.103. The quantitative estimate of drug-likeness (QED) is 0.545. The van der Waals surface area contributed by atoms with Crippen LogP contribution in [0.25, 0.3) is 0 Å². The van der Waals surface area contributed by atoms with Gasteiger partial charge in [0.25, 0.3) is 5.91 Å². The van der Waals surface area contributed by atoms with Gasteiger partial charge in [-0.1, -0.05) is 25.1 Å². The van der Waals surface area contributed by atoms with Crippen LogP contribution in [0, 0.1) is 6.92 Å². The van der Waals surface area contributed by atoms with Gasteiger partial charge in [0, 0.05) is 55.0 Å². The molecule has 3 aromatic rings. The molecule has 0 unspecified atom stereocenters. The Morgan fingerprint density at radius 3 is 2.53 bits per heavy atom.